The molecular weight excluding hydrogens is 412 g/mol. The van der Waals surface area contributed by atoms with Crippen LogP contribution in [0.15, 0.2) is 30.3 Å². The number of aryl methyl sites for hydroxylation is 2. The molecule has 31 heavy (non-hydrogen) atoms. The van der Waals surface area contributed by atoms with Crippen LogP contribution in [-0.4, -0.2) is 51.3 Å². The Morgan fingerprint density at radius 1 is 1.26 bits per heavy atom. The van der Waals surface area contributed by atoms with Gasteiger partial charge in [0.1, 0.15) is 17.2 Å². The van der Waals surface area contributed by atoms with Gasteiger partial charge in [-0.2, -0.15) is 0 Å². The summed E-state index contributed by atoms with van der Waals surface area (Å²) in [5.41, 5.74) is 8.28. The number of hydrogen-bond acceptors (Lipinski definition) is 6. The Labute approximate surface area is 184 Å². The van der Waals surface area contributed by atoms with Crippen LogP contribution in [0.2, 0.25) is 0 Å². The van der Waals surface area contributed by atoms with Crippen LogP contribution in [0.1, 0.15) is 45.6 Å². The minimum absolute atomic E-state index is 0.0726. The van der Waals surface area contributed by atoms with Gasteiger partial charge in [-0.1, -0.05) is 30.3 Å². The van der Waals surface area contributed by atoms with Crippen molar-refractivity contribution in [2.45, 2.75) is 32.6 Å². The van der Waals surface area contributed by atoms with Crippen LogP contribution in [0.5, 0.6) is 0 Å². The molecule has 3 aromatic rings. The molecule has 1 aliphatic heterocycles. The Kier molecular flexibility index (Phi) is 6.15. The largest absolute Gasteiger partial charge is 0.364 e. The van der Waals surface area contributed by atoms with Gasteiger partial charge in [0.2, 0.25) is 5.91 Å². The minimum Gasteiger partial charge on any atom is -0.364 e. The van der Waals surface area contributed by atoms with Crippen molar-refractivity contribution in [2.75, 3.05) is 25.0 Å². The van der Waals surface area contributed by atoms with Crippen molar-refractivity contribution in [3.8, 4) is 11.3 Å². The zero-order chi connectivity index (χ0) is 22.0. The lowest BCUT2D eigenvalue weighted by atomic mass is 9.97. The molecule has 0 radical (unpaired) electrons. The highest BCUT2D eigenvalue weighted by molar-refractivity contribution is 7.15. The third-order valence-electron chi connectivity index (χ3n) is 5.55. The summed E-state index contributed by atoms with van der Waals surface area (Å²) in [6.07, 6.45) is 1.88. The second kappa shape index (κ2) is 8.99. The number of carbonyl (C=O) groups is 2. The van der Waals surface area contributed by atoms with Gasteiger partial charge in [-0.25, -0.2) is 9.97 Å². The van der Waals surface area contributed by atoms with Gasteiger partial charge in [-0.3, -0.25) is 14.5 Å². The molecule has 1 atom stereocenters. The van der Waals surface area contributed by atoms with E-state index in [9.17, 15) is 9.59 Å². The first-order valence-electron chi connectivity index (χ1n) is 10.3. The van der Waals surface area contributed by atoms with Crippen LogP contribution in [0.3, 0.4) is 0 Å². The zero-order valence-corrected chi connectivity index (χ0v) is 18.5. The SMILES string of the molecule is Cc1nc(NC(=O)CN2CCC[C@@H](c3nc(-c4ccccc4)c(C(N)=O)[nH]3)C2)sc1C. The molecule has 8 nitrogen and oxygen atoms in total. The Morgan fingerprint density at radius 2 is 2.03 bits per heavy atom. The van der Waals surface area contributed by atoms with Gasteiger partial charge in [-0.15, -0.1) is 11.3 Å². The van der Waals surface area contributed by atoms with E-state index in [0.29, 0.717) is 29.6 Å². The Bertz CT molecular complexity index is 1070. The number of carbonyl (C=O) groups excluding carboxylic acids is 2. The number of piperidine rings is 1. The number of benzene rings is 1. The number of nitrogens with one attached hydrogen (secondary N) is 2. The standard InChI is InChI=1S/C22H26N6O2S/c1-13-14(2)31-22(24-13)25-17(29)12-28-10-6-9-16(11-28)21-26-18(19(27-21)20(23)30)15-7-4-3-5-8-15/h3-5,7-8,16H,6,9-12H2,1-2H3,(H2,23,30)(H,26,27)(H,24,25,29)/t16-/m1/s1. The van der Waals surface area contributed by atoms with Crippen LogP contribution in [-0.2, 0) is 4.79 Å². The number of nitrogens with zero attached hydrogens (tertiary/aromatic N) is 3. The fourth-order valence-corrected chi connectivity index (χ4v) is 4.71. The van der Waals surface area contributed by atoms with Crippen LogP contribution < -0.4 is 11.1 Å². The third-order valence-corrected chi connectivity index (χ3v) is 6.54. The highest BCUT2D eigenvalue weighted by Crippen LogP contribution is 2.29. The molecule has 2 aromatic heterocycles. The number of amides is 2. The maximum absolute atomic E-state index is 12.5. The molecule has 0 bridgehead atoms. The first-order chi connectivity index (χ1) is 14.9. The molecule has 3 heterocycles. The lowest BCUT2D eigenvalue weighted by Crippen LogP contribution is -2.40. The predicted molar refractivity (Wildman–Crippen MR) is 121 cm³/mol. The van der Waals surface area contributed by atoms with Gasteiger partial charge >= 0.3 is 0 Å². The quantitative estimate of drug-likeness (QED) is 0.547. The summed E-state index contributed by atoms with van der Waals surface area (Å²) in [7, 11) is 0. The van der Waals surface area contributed by atoms with Crippen molar-refractivity contribution >= 4 is 28.3 Å². The number of anilines is 1. The minimum atomic E-state index is -0.529. The summed E-state index contributed by atoms with van der Waals surface area (Å²) in [4.78, 5) is 40.0. The molecule has 0 aliphatic carbocycles. The van der Waals surface area contributed by atoms with Crippen molar-refractivity contribution in [1.29, 1.82) is 0 Å². The summed E-state index contributed by atoms with van der Waals surface area (Å²) < 4.78 is 0. The van der Waals surface area contributed by atoms with Crippen molar-refractivity contribution in [2.24, 2.45) is 5.73 Å². The Morgan fingerprint density at radius 3 is 2.71 bits per heavy atom. The lowest BCUT2D eigenvalue weighted by molar-refractivity contribution is -0.117. The summed E-state index contributed by atoms with van der Waals surface area (Å²) in [5, 5.41) is 3.53. The average molecular weight is 439 g/mol. The number of H-pyrrole nitrogens is 1. The number of nitrogens with two attached hydrogens (primary N) is 1. The third kappa shape index (κ3) is 4.83. The summed E-state index contributed by atoms with van der Waals surface area (Å²) >= 11 is 1.49. The van der Waals surface area contributed by atoms with Gasteiger partial charge < -0.3 is 16.0 Å². The van der Waals surface area contributed by atoms with Gasteiger partial charge in [0.05, 0.1) is 12.2 Å². The van der Waals surface area contributed by atoms with E-state index < -0.39 is 5.91 Å². The van der Waals surface area contributed by atoms with Crippen molar-refractivity contribution in [1.82, 2.24) is 19.9 Å². The number of imidazole rings is 1. The predicted octanol–water partition coefficient (Wildman–Crippen LogP) is 3.07. The fraction of sp³-hybridized carbons (Fsp3) is 0.364. The second-order valence-corrected chi connectivity index (χ2v) is 9.06. The molecule has 0 saturated carbocycles. The van der Waals surface area contributed by atoms with Crippen LogP contribution in [0, 0.1) is 13.8 Å². The molecule has 9 heteroatoms. The molecule has 4 rings (SSSR count). The number of aromatic nitrogens is 3. The summed E-state index contributed by atoms with van der Waals surface area (Å²) in [6.45, 7) is 5.75. The van der Waals surface area contributed by atoms with Gasteiger partial charge in [0.15, 0.2) is 5.13 Å². The first-order valence-corrected chi connectivity index (χ1v) is 11.1. The number of likely N-dealkylation sites (tertiary alicyclic amines) is 1. The first kappa shape index (κ1) is 21.2. The molecule has 1 saturated heterocycles. The fourth-order valence-electron chi connectivity index (χ4n) is 3.88. The highest BCUT2D eigenvalue weighted by Gasteiger charge is 2.27. The topological polar surface area (TPSA) is 117 Å². The van der Waals surface area contributed by atoms with Crippen molar-refractivity contribution in [3.63, 3.8) is 0 Å². The maximum Gasteiger partial charge on any atom is 0.267 e. The number of rotatable bonds is 6. The van der Waals surface area contributed by atoms with Gasteiger partial charge in [0, 0.05) is 22.9 Å². The molecule has 0 spiro atoms. The van der Waals surface area contributed by atoms with Gasteiger partial charge in [-0.05, 0) is 33.2 Å². The number of thiazole rings is 1. The molecule has 1 fully saturated rings. The van der Waals surface area contributed by atoms with E-state index in [0.717, 1.165) is 41.3 Å². The number of hydrogen-bond donors (Lipinski definition) is 3. The monoisotopic (exact) mass is 438 g/mol. The summed E-state index contributed by atoms with van der Waals surface area (Å²) in [6, 6.07) is 9.54. The smallest absolute Gasteiger partial charge is 0.267 e. The van der Waals surface area contributed by atoms with E-state index in [-0.39, 0.29) is 11.8 Å². The van der Waals surface area contributed by atoms with E-state index in [2.05, 4.69) is 20.2 Å². The van der Waals surface area contributed by atoms with Crippen LogP contribution >= 0.6 is 11.3 Å². The van der Waals surface area contributed by atoms with E-state index in [1.54, 1.807) is 0 Å². The zero-order valence-electron chi connectivity index (χ0n) is 17.6. The molecule has 4 N–H and O–H groups in total. The van der Waals surface area contributed by atoms with E-state index >= 15 is 0 Å². The highest BCUT2D eigenvalue weighted by atomic mass is 32.1. The maximum atomic E-state index is 12.5. The normalized spacial score (nSPS) is 16.9. The van der Waals surface area contributed by atoms with E-state index in [1.165, 1.54) is 11.3 Å². The summed E-state index contributed by atoms with van der Waals surface area (Å²) in [5.74, 6) is 0.237. The van der Waals surface area contributed by atoms with Crippen LogP contribution in [0.4, 0.5) is 5.13 Å². The van der Waals surface area contributed by atoms with Crippen LogP contribution in [0.25, 0.3) is 11.3 Å². The number of primary amides is 1. The van der Waals surface area contributed by atoms with E-state index in [4.69, 9.17) is 10.7 Å². The van der Waals surface area contributed by atoms with E-state index in [1.807, 2.05) is 44.2 Å². The second-order valence-electron chi connectivity index (χ2n) is 7.86. The van der Waals surface area contributed by atoms with Crippen molar-refractivity contribution < 1.29 is 9.59 Å². The Balaban J connectivity index is 1.46. The molecule has 162 valence electrons. The Hall–Kier alpha value is -3.04. The molecular formula is C22H26N6O2S. The molecule has 1 aromatic carbocycles. The average Bonchev–Trinajstić information content (AvgIpc) is 3.32. The molecule has 1 aliphatic rings. The van der Waals surface area contributed by atoms with Gasteiger partial charge in [0.25, 0.3) is 5.91 Å². The molecule has 0 unspecified atom stereocenters. The lowest BCUT2D eigenvalue weighted by Gasteiger charge is -2.31. The number of aromatic amines is 1. The van der Waals surface area contributed by atoms with Crippen molar-refractivity contribution in [3.05, 3.63) is 52.4 Å². The molecule has 2 amide bonds.